The number of thiophene rings is 1. The van der Waals surface area contributed by atoms with Crippen LogP contribution < -0.4 is 4.74 Å². The van der Waals surface area contributed by atoms with Crippen molar-refractivity contribution in [2.45, 2.75) is 26.4 Å². The van der Waals surface area contributed by atoms with Crippen LogP contribution in [0.15, 0.2) is 36.4 Å². The van der Waals surface area contributed by atoms with Crippen molar-refractivity contribution in [3.05, 3.63) is 52.7 Å². The van der Waals surface area contributed by atoms with Crippen LogP contribution in [-0.4, -0.2) is 40.0 Å². The van der Waals surface area contributed by atoms with Gasteiger partial charge in [-0.25, -0.2) is 9.97 Å². The molecular weight excluding hydrogens is 334 g/mol. The third-order valence-corrected chi connectivity index (χ3v) is 5.41. The highest BCUT2D eigenvalue weighted by Gasteiger charge is 2.29. The van der Waals surface area contributed by atoms with Crippen molar-refractivity contribution in [2.75, 3.05) is 13.1 Å². The molecule has 3 heterocycles. The van der Waals surface area contributed by atoms with Gasteiger partial charge in [-0.05, 0) is 37.4 Å². The minimum Gasteiger partial charge on any atom is -0.458 e. The van der Waals surface area contributed by atoms with Gasteiger partial charge < -0.3 is 9.64 Å². The predicted molar refractivity (Wildman–Crippen MR) is 98.3 cm³/mol. The first-order valence-corrected chi connectivity index (χ1v) is 9.17. The fourth-order valence-corrected chi connectivity index (χ4v) is 4.18. The van der Waals surface area contributed by atoms with E-state index in [0.29, 0.717) is 19.1 Å². The van der Waals surface area contributed by atoms with Gasteiger partial charge in [0.1, 0.15) is 6.10 Å². The molecule has 1 aliphatic heterocycles. The maximum absolute atomic E-state index is 12.8. The van der Waals surface area contributed by atoms with Crippen molar-refractivity contribution in [3.63, 3.8) is 0 Å². The highest BCUT2D eigenvalue weighted by atomic mass is 32.1. The van der Waals surface area contributed by atoms with Crippen LogP contribution in [0.1, 0.15) is 27.5 Å². The van der Waals surface area contributed by atoms with E-state index < -0.39 is 0 Å². The van der Waals surface area contributed by atoms with Crippen molar-refractivity contribution < 1.29 is 9.53 Å². The fraction of sp³-hybridized carbons (Fsp3) is 0.316. The molecule has 0 bridgehead atoms. The molecule has 4 rings (SSSR count). The maximum atomic E-state index is 12.8. The molecule has 6 heteroatoms. The first kappa shape index (κ1) is 16.0. The van der Waals surface area contributed by atoms with E-state index in [4.69, 9.17) is 4.74 Å². The molecule has 1 aromatic carbocycles. The zero-order valence-corrected chi connectivity index (χ0v) is 15.0. The number of aromatic nitrogens is 2. The second-order valence-electron chi connectivity index (χ2n) is 6.36. The quantitative estimate of drug-likeness (QED) is 0.722. The highest BCUT2D eigenvalue weighted by molar-refractivity contribution is 7.20. The van der Waals surface area contributed by atoms with E-state index in [1.54, 1.807) is 11.3 Å². The molecule has 0 radical (unpaired) electrons. The lowest BCUT2D eigenvalue weighted by Crippen LogP contribution is -2.30. The summed E-state index contributed by atoms with van der Waals surface area (Å²) < 4.78 is 7.04. The number of hydrogen-bond acceptors (Lipinski definition) is 5. The first-order chi connectivity index (χ1) is 12.1. The van der Waals surface area contributed by atoms with Gasteiger partial charge in [0.25, 0.3) is 5.91 Å². The number of aryl methyl sites for hydroxylation is 2. The van der Waals surface area contributed by atoms with Gasteiger partial charge in [0.2, 0.25) is 0 Å². The molecular formula is C19H19N3O2S. The molecule has 25 heavy (non-hydrogen) atoms. The number of amides is 1. The van der Waals surface area contributed by atoms with Gasteiger partial charge in [-0.15, -0.1) is 11.3 Å². The second kappa shape index (κ2) is 6.44. The van der Waals surface area contributed by atoms with E-state index in [2.05, 4.69) is 9.97 Å². The molecule has 1 amide bonds. The third-order valence-electron chi connectivity index (χ3n) is 4.30. The largest absolute Gasteiger partial charge is 0.458 e. The summed E-state index contributed by atoms with van der Waals surface area (Å²) >= 11 is 1.54. The summed E-state index contributed by atoms with van der Waals surface area (Å²) in [5.41, 5.74) is 1.78. The Kier molecular flexibility index (Phi) is 4.13. The summed E-state index contributed by atoms with van der Waals surface area (Å²) in [4.78, 5) is 24.1. The van der Waals surface area contributed by atoms with Crippen LogP contribution in [0, 0.1) is 13.8 Å². The molecule has 3 aromatic rings. The van der Waals surface area contributed by atoms with Gasteiger partial charge in [0.15, 0.2) is 0 Å². The van der Waals surface area contributed by atoms with Crippen LogP contribution in [0.25, 0.3) is 10.1 Å². The minimum absolute atomic E-state index is 0.0560. The molecule has 1 atom stereocenters. The topological polar surface area (TPSA) is 55.3 Å². The van der Waals surface area contributed by atoms with Crippen LogP contribution in [0.3, 0.4) is 0 Å². The van der Waals surface area contributed by atoms with Crippen molar-refractivity contribution in [2.24, 2.45) is 0 Å². The van der Waals surface area contributed by atoms with Crippen molar-refractivity contribution in [1.29, 1.82) is 0 Å². The zero-order valence-electron chi connectivity index (χ0n) is 14.2. The number of fused-ring (bicyclic) bond motifs is 1. The normalized spacial score (nSPS) is 17.2. The summed E-state index contributed by atoms with van der Waals surface area (Å²) in [6, 6.07) is 12.4. The molecule has 0 spiro atoms. The number of rotatable bonds is 3. The lowest BCUT2D eigenvalue weighted by Gasteiger charge is -2.16. The van der Waals surface area contributed by atoms with Crippen LogP contribution in [0.2, 0.25) is 0 Å². The lowest BCUT2D eigenvalue weighted by atomic mass is 10.2. The Morgan fingerprint density at radius 1 is 1.20 bits per heavy atom. The van der Waals surface area contributed by atoms with E-state index in [1.807, 2.05) is 55.1 Å². The molecule has 5 nitrogen and oxygen atoms in total. The van der Waals surface area contributed by atoms with Crippen molar-refractivity contribution in [1.82, 2.24) is 14.9 Å². The van der Waals surface area contributed by atoms with E-state index >= 15 is 0 Å². The van der Waals surface area contributed by atoms with Gasteiger partial charge in [0.05, 0.1) is 11.4 Å². The molecule has 1 fully saturated rings. The Hall–Kier alpha value is -2.47. The smallest absolute Gasteiger partial charge is 0.317 e. The molecule has 0 N–H and O–H groups in total. The number of ether oxygens (including phenoxy) is 1. The second-order valence-corrected chi connectivity index (χ2v) is 7.45. The van der Waals surface area contributed by atoms with Gasteiger partial charge in [-0.1, -0.05) is 18.2 Å². The van der Waals surface area contributed by atoms with Gasteiger partial charge in [0, 0.05) is 29.1 Å². The Labute approximate surface area is 150 Å². The van der Waals surface area contributed by atoms with Crippen molar-refractivity contribution in [3.8, 4) is 6.01 Å². The summed E-state index contributed by atoms with van der Waals surface area (Å²) in [7, 11) is 0. The first-order valence-electron chi connectivity index (χ1n) is 8.35. The number of carbonyl (C=O) groups is 1. The summed E-state index contributed by atoms with van der Waals surface area (Å²) in [5.74, 6) is 0.0774. The Balaban J connectivity index is 1.45. The average molecular weight is 353 g/mol. The van der Waals surface area contributed by atoms with Crippen molar-refractivity contribution >= 4 is 27.3 Å². The Morgan fingerprint density at radius 2 is 1.96 bits per heavy atom. The van der Waals surface area contributed by atoms with Crippen LogP contribution >= 0.6 is 11.3 Å². The van der Waals surface area contributed by atoms with E-state index in [0.717, 1.165) is 32.8 Å². The summed E-state index contributed by atoms with van der Waals surface area (Å²) in [6.45, 7) is 5.12. The average Bonchev–Trinajstić information content (AvgIpc) is 3.19. The summed E-state index contributed by atoms with van der Waals surface area (Å²) in [6.07, 6.45) is 0.743. The number of likely N-dealkylation sites (tertiary alicyclic amines) is 1. The monoisotopic (exact) mass is 353 g/mol. The SMILES string of the molecule is Cc1cc(C)nc(O[C@@H]2CCN(C(=O)c3cc4ccccc4s3)C2)n1. The number of hydrogen-bond donors (Lipinski definition) is 0. The van der Waals surface area contributed by atoms with Gasteiger partial charge >= 0.3 is 6.01 Å². The van der Waals surface area contributed by atoms with E-state index in [9.17, 15) is 4.79 Å². The number of benzene rings is 1. The summed E-state index contributed by atoms with van der Waals surface area (Å²) in [5, 5.41) is 1.12. The van der Waals surface area contributed by atoms with Crippen LogP contribution in [-0.2, 0) is 0 Å². The molecule has 1 aliphatic rings. The third kappa shape index (κ3) is 3.35. The number of nitrogens with zero attached hydrogens (tertiary/aromatic N) is 3. The maximum Gasteiger partial charge on any atom is 0.317 e. The van der Waals surface area contributed by atoms with E-state index in [1.165, 1.54) is 0 Å². The van der Waals surface area contributed by atoms with Crippen LogP contribution in [0.4, 0.5) is 0 Å². The van der Waals surface area contributed by atoms with Gasteiger partial charge in [-0.3, -0.25) is 4.79 Å². The minimum atomic E-state index is -0.0560. The van der Waals surface area contributed by atoms with E-state index in [-0.39, 0.29) is 12.0 Å². The highest BCUT2D eigenvalue weighted by Crippen LogP contribution is 2.27. The Morgan fingerprint density at radius 3 is 2.72 bits per heavy atom. The zero-order chi connectivity index (χ0) is 17.4. The molecule has 1 saturated heterocycles. The molecule has 2 aromatic heterocycles. The lowest BCUT2D eigenvalue weighted by molar-refractivity contribution is 0.0774. The number of carbonyl (C=O) groups excluding carboxylic acids is 1. The van der Waals surface area contributed by atoms with Crippen LogP contribution in [0.5, 0.6) is 6.01 Å². The standard InChI is InChI=1S/C19H19N3O2S/c1-12-9-13(2)21-19(20-12)24-15-7-8-22(11-15)18(23)17-10-14-5-3-4-6-16(14)25-17/h3-6,9-10,15H,7-8,11H2,1-2H3/t15-/m1/s1. The predicted octanol–water partition coefficient (Wildman–Crippen LogP) is 3.60. The molecule has 0 aliphatic carbocycles. The molecule has 128 valence electrons. The fourth-order valence-electron chi connectivity index (χ4n) is 3.15. The Bertz CT molecular complexity index is 884. The van der Waals surface area contributed by atoms with Gasteiger partial charge in [-0.2, -0.15) is 0 Å². The molecule has 0 unspecified atom stereocenters. The molecule has 0 saturated carbocycles.